The van der Waals surface area contributed by atoms with Crippen molar-refractivity contribution in [1.82, 2.24) is 25.3 Å². The molecule has 23 heavy (non-hydrogen) atoms. The molecule has 1 aliphatic rings. The fraction of sp³-hybridized carbons (Fsp3) is 0.250. The summed E-state index contributed by atoms with van der Waals surface area (Å²) in [6.45, 7) is 1.86. The van der Waals surface area contributed by atoms with Crippen LogP contribution in [-0.4, -0.2) is 39.1 Å². The van der Waals surface area contributed by atoms with E-state index < -0.39 is 5.82 Å². The molecule has 0 spiro atoms. The van der Waals surface area contributed by atoms with Crippen molar-refractivity contribution >= 4 is 16.7 Å². The fourth-order valence-corrected chi connectivity index (χ4v) is 2.74. The molecule has 6 nitrogen and oxygen atoms in total. The SMILES string of the molecule is Fc1cnccc1-c1nc(NC2CCNC2)c2ccncc2n1. The zero-order chi connectivity index (χ0) is 15.6. The van der Waals surface area contributed by atoms with E-state index in [1.54, 1.807) is 18.5 Å². The first kappa shape index (κ1) is 14.0. The van der Waals surface area contributed by atoms with Gasteiger partial charge in [0.25, 0.3) is 0 Å². The predicted molar refractivity (Wildman–Crippen MR) is 85.4 cm³/mol. The third kappa shape index (κ3) is 2.70. The van der Waals surface area contributed by atoms with Gasteiger partial charge in [-0.2, -0.15) is 0 Å². The van der Waals surface area contributed by atoms with Gasteiger partial charge in [-0.1, -0.05) is 0 Å². The smallest absolute Gasteiger partial charge is 0.165 e. The highest BCUT2D eigenvalue weighted by Crippen LogP contribution is 2.26. The van der Waals surface area contributed by atoms with Crippen LogP contribution in [-0.2, 0) is 0 Å². The van der Waals surface area contributed by atoms with Crippen molar-refractivity contribution < 1.29 is 4.39 Å². The van der Waals surface area contributed by atoms with Crippen LogP contribution in [0.3, 0.4) is 0 Å². The van der Waals surface area contributed by atoms with Crippen molar-refractivity contribution in [1.29, 1.82) is 0 Å². The first-order chi connectivity index (χ1) is 11.3. The van der Waals surface area contributed by atoms with E-state index in [0.717, 1.165) is 24.9 Å². The maximum absolute atomic E-state index is 14.0. The number of halogens is 1. The molecule has 4 heterocycles. The lowest BCUT2D eigenvalue weighted by atomic mass is 10.2. The highest BCUT2D eigenvalue weighted by Gasteiger charge is 2.18. The summed E-state index contributed by atoms with van der Waals surface area (Å²) in [5.41, 5.74) is 1.01. The van der Waals surface area contributed by atoms with Crippen LogP contribution in [0.15, 0.2) is 36.9 Å². The second-order valence-corrected chi connectivity index (χ2v) is 5.48. The van der Waals surface area contributed by atoms with Gasteiger partial charge in [0.05, 0.1) is 23.5 Å². The molecule has 2 N–H and O–H groups in total. The standard InChI is InChI=1S/C16H15FN6/c17-13-8-19-5-2-11(13)15-22-14-9-20-6-3-12(14)16(23-15)21-10-1-4-18-7-10/h2-3,5-6,8-10,18H,1,4,7H2,(H,21,22,23). The normalized spacial score (nSPS) is 17.5. The molecule has 4 rings (SSSR count). The van der Waals surface area contributed by atoms with Crippen LogP contribution in [0.4, 0.5) is 10.2 Å². The van der Waals surface area contributed by atoms with E-state index in [-0.39, 0.29) is 0 Å². The van der Waals surface area contributed by atoms with Gasteiger partial charge >= 0.3 is 0 Å². The summed E-state index contributed by atoms with van der Waals surface area (Å²) >= 11 is 0. The lowest BCUT2D eigenvalue weighted by molar-refractivity contribution is 0.623. The van der Waals surface area contributed by atoms with Crippen molar-refractivity contribution in [3.05, 3.63) is 42.7 Å². The zero-order valence-corrected chi connectivity index (χ0v) is 12.3. The summed E-state index contributed by atoms with van der Waals surface area (Å²) in [5, 5.41) is 7.62. The van der Waals surface area contributed by atoms with E-state index in [1.165, 1.54) is 12.4 Å². The van der Waals surface area contributed by atoms with E-state index in [9.17, 15) is 4.39 Å². The van der Waals surface area contributed by atoms with Gasteiger partial charge in [0.1, 0.15) is 5.82 Å². The molecular weight excluding hydrogens is 295 g/mol. The third-order valence-corrected chi connectivity index (χ3v) is 3.91. The average molecular weight is 310 g/mol. The Bertz CT molecular complexity index is 847. The van der Waals surface area contributed by atoms with E-state index in [0.29, 0.717) is 28.8 Å². The van der Waals surface area contributed by atoms with Crippen LogP contribution in [0, 0.1) is 5.82 Å². The lowest BCUT2D eigenvalue weighted by Gasteiger charge is -2.15. The Morgan fingerprint density at radius 3 is 2.83 bits per heavy atom. The van der Waals surface area contributed by atoms with E-state index >= 15 is 0 Å². The Balaban J connectivity index is 1.84. The highest BCUT2D eigenvalue weighted by atomic mass is 19.1. The molecule has 1 aliphatic heterocycles. The third-order valence-electron chi connectivity index (χ3n) is 3.91. The van der Waals surface area contributed by atoms with Crippen LogP contribution in [0.2, 0.25) is 0 Å². The zero-order valence-electron chi connectivity index (χ0n) is 12.3. The monoisotopic (exact) mass is 310 g/mol. The number of aromatic nitrogens is 4. The number of hydrogen-bond donors (Lipinski definition) is 2. The molecule has 3 aromatic rings. The number of hydrogen-bond acceptors (Lipinski definition) is 6. The number of rotatable bonds is 3. The van der Waals surface area contributed by atoms with Crippen LogP contribution in [0.1, 0.15) is 6.42 Å². The molecule has 0 radical (unpaired) electrons. The number of nitrogens with zero attached hydrogens (tertiary/aromatic N) is 4. The molecule has 116 valence electrons. The summed E-state index contributed by atoms with van der Waals surface area (Å²) < 4.78 is 14.0. The molecule has 3 aromatic heterocycles. The maximum atomic E-state index is 14.0. The lowest BCUT2D eigenvalue weighted by Crippen LogP contribution is -2.23. The Morgan fingerprint density at radius 2 is 2.00 bits per heavy atom. The quantitative estimate of drug-likeness (QED) is 0.770. The second-order valence-electron chi connectivity index (χ2n) is 5.48. The molecule has 1 unspecified atom stereocenters. The predicted octanol–water partition coefficient (Wildman–Crippen LogP) is 2.00. The summed E-state index contributed by atoms with van der Waals surface area (Å²) in [5.74, 6) is 0.598. The average Bonchev–Trinajstić information content (AvgIpc) is 3.08. The summed E-state index contributed by atoms with van der Waals surface area (Å²) in [4.78, 5) is 16.9. The topological polar surface area (TPSA) is 75.6 Å². The molecular formula is C16H15FN6. The van der Waals surface area contributed by atoms with Crippen LogP contribution < -0.4 is 10.6 Å². The van der Waals surface area contributed by atoms with Gasteiger partial charge in [0.2, 0.25) is 0 Å². The van der Waals surface area contributed by atoms with Crippen molar-refractivity contribution in [2.75, 3.05) is 18.4 Å². The van der Waals surface area contributed by atoms with Gasteiger partial charge < -0.3 is 10.6 Å². The van der Waals surface area contributed by atoms with Crippen molar-refractivity contribution in [2.45, 2.75) is 12.5 Å². The van der Waals surface area contributed by atoms with Gasteiger partial charge in [-0.05, 0) is 25.1 Å². The molecule has 0 aromatic carbocycles. The molecule has 0 aliphatic carbocycles. The minimum atomic E-state index is -0.441. The molecule has 1 fully saturated rings. The van der Waals surface area contributed by atoms with Crippen LogP contribution >= 0.6 is 0 Å². The highest BCUT2D eigenvalue weighted by molar-refractivity contribution is 5.90. The van der Waals surface area contributed by atoms with Gasteiger partial charge in [-0.3, -0.25) is 9.97 Å². The molecule has 1 saturated heterocycles. The Hall–Kier alpha value is -2.67. The molecule has 1 atom stereocenters. The Kier molecular flexibility index (Phi) is 3.55. The van der Waals surface area contributed by atoms with Crippen molar-refractivity contribution in [3.63, 3.8) is 0 Å². The minimum absolute atomic E-state index is 0.302. The minimum Gasteiger partial charge on any atom is -0.365 e. The fourth-order valence-electron chi connectivity index (χ4n) is 2.74. The Labute approximate surface area is 132 Å². The first-order valence-electron chi connectivity index (χ1n) is 7.50. The molecule has 0 amide bonds. The molecule has 7 heteroatoms. The van der Waals surface area contributed by atoms with Gasteiger partial charge in [-0.15, -0.1) is 0 Å². The summed E-state index contributed by atoms with van der Waals surface area (Å²) in [6, 6.07) is 3.75. The van der Waals surface area contributed by atoms with E-state index in [1.807, 2.05) is 6.07 Å². The van der Waals surface area contributed by atoms with Crippen LogP contribution in [0.25, 0.3) is 22.3 Å². The van der Waals surface area contributed by atoms with Crippen molar-refractivity contribution in [2.24, 2.45) is 0 Å². The van der Waals surface area contributed by atoms with Gasteiger partial charge in [0, 0.05) is 30.4 Å². The number of fused-ring (bicyclic) bond motifs is 1. The van der Waals surface area contributed by atoms with Gasteiger partial charge in [0.15, 0.2) is 11.6 Å². The van der Waals surface area contributed by atoms with E-state index in [2.05, 4.69) is 30.6 Å². The number of nitrogens with one attached hydrogen (secondary N) is 2. The Morgan fingerprint density at radius 1 is 1.13 bits per heavy atom. The molecule has 0 bridgehead atoms. The molecule has 0 saturated carbocycles. The van der Waals surface area contributed by atoms with Gasteiger partial charge in [-0.25, -0.2) is 14.4 Å². The van der Waals surface area contributed by atoms with E-state index in [4.69, 9.17) is 0 Å². The van der Waals surface area contributed by atoms with Crippen LogP contribution in [0.5, 0.6) is 0 Å². The number of pyridine rings is 2. The summed E-state index contributed by atoms with van der Waals surface area (Å²) in [7, 11) is 0. The van der Waals surface area contributed by atoms with Crippen molar-refractivity contribution in [3.8, 4) is 11.4 Å². The summed E-state index contributed by atoms with van der Waals surface area (Å²) in [6.07, 6.45) is 7.09. The maximum Gasteiger partial charge on any atom is 0.165 e. The second kappa shape index (κ2) is 5.85. The largest absolute Gasteiger partial charge is 0.365 e. The number of anilines is 1. The first-order valence-corrected chi connectivity index (χ1v) is 7.50.